The van der Waals surface area contributed by atoms with Crippen LogP contribution in [-0.4, -0.2) is 55.4 Å². The SMILES string of the molecule is CCNC(=NCc1ccon1)NCC(c1cccs1)N1CCOCC1.I. The van der Waals surface area contributed by atoms with E-state index in [0.717, 1.165) is 51.0 Å². The topological polar surface area (TPSA) is 74.9 Å². The summed E-state index contributed by atoms with van der Waals surface area (Å²) >= 11 is 1.80. The molecule has 1 unspecified atom stereocenters. The number of ether oxygens (including phenoxy) is 1. The van der Waals surface area contributed by atoms with Crippen LogP contribution in [0.15, 0.2) is 39.4 Å². The van der Waals surface area contributed by atoms with E-state index < -0.39 is 0 Å². The number of nitrogens with one attached hydrogen (secondary N) is 2. The molecule has 3 rings (SSSR count). The van der Waals surface area contributed by atoms with Gasteiger partial charge in [-0.1, -0.05) is 11.2 Å². The summed E-state index contributed by atoms with van der Waals surface area (Å²) < 4.78 is 10.4. The van der Waals surface area contributed by atoms with E-state index in [2.05, 4.69) is 50.1 Å². The minimum atomic E-state index is 0. The van der Waals surface area contributed by atoms with Gasteiger partial charge in [-0.25, -0.2) is 4.99 Å². The molecule has 9 heteroatoms. The van der Waals surface area contributed by atoms with E-state index in [9.17, 15) is 0 Å². The molecule has 0 amide bonds. The summed E-state index contributed by atoms with van der Waals surface area (Å²) in [6.07, 6.45) is 1.57. The molecule has 1 aliphatic rings. The molecular formula is C17H26IN5O2S. The number of hydrogen-bond donors (Lipinski definition) is 2. The highest BCUT2D eigenvalue weighted by atomic mass is 127. The van der Waals surface area contributed by atoms with Gasteiger partial charge in [0.05, 0.1) is 25.8 Å². The zero-order valence-corrected chi connectivity index (χ0v) is 18.0. The summed E-state index contributed by atoms with van der Waals surface area (Å²) in [7, 11) is 0. The zero-order chi connectivity index (χ0) is 17.3. The Bertz CT molecular complexity index is 630. The van der Waals surface area contributed by atoms with Crippen LogP contribution in [0.4, 0.5) is 0 Å². The lowest BCUT2D eigenvalue weighted by Gasteiger charge is -2.34. The fourth-order valence-electron chi connectivity index (χ4n) is 2.79. The molecule has 0 bridgehead atoms. The van der Waals surface area contributed by atoms with Crippen LogP contribution in [0.5, 0.6) is 0 Å². The van der Waals surface area contributed by atoms with Crippen LogP contribution >= 0.6 is 35.3 Å². The summed E-state index contributed by atoms with van der Waals surface area (Å²) in [6.45, 7) is 7.66. The highest BCUT2D eigenvalue weighted by Gasteiger charge is 2.23. The molecule has 0 aliphatic carbocycles. The molecule has 2 aromatic rings. The number of guanidine groups is 1. The third-order valence-electron chi connectivity index (χ3n) is 4.06. The number of nitrogens with zero attached hydrogens (tertiary/aromatic N) is 3. The maximum atomic E-state index is 5.50. The molecule has 1 fully saturated rings. The molecule has 1 aliphatic heterocycles. The highest BCUT2D eigenvalue weighted by Crippen LogP contribution is 2.25. The molecule has 0 aromatic carbocycles. The standard InChI is InChI=1S/C17H25N5O2S.HI/c1-2-18-17(19-12-14-5-8-24-21-14)20-13-15(16-4-3-11-25-16)22-6-9-23-10-7-22;/h3-5,8,11,15H,2,6-7,9-10,12-13H2,1H3,(H2,18,19,20);1H. The van der Waals surface area contributed by atoms with Crippen LogP contribution in [0, 0.1) is 0 Å². The van der Waals surface area contributed by atoms with Crippen molar-refractivity contribution in [2.45, 2.75) is 19.5 Å². The fourth-order valence-corrected chi connectivity index (χ4v) is 3.65. The van der Waals surface area contributed by atoms with Gasteiger partial charge in [-0.05, 0) is 18.4 Å². The first kappa shape index (κ1) is 21.1. The second kappa shape index (κ2) is 11.5. The number of halogens is 1. The number of aliphatic imine (C=N–C) groups is 1. The first-order chi connectivity index (χ1) is 12.4. The second-order valence-electron chi connectivity index (χ2n) is 5.75. The molecule has 2 aromatic heterocycles. The van der Waals surface area contributed by atoms with Crippen molar-refractivity contribution < 1.29 is 9.26 Å². The van der Waals surface area contributed by atoms with Crippen LogP contribution in [-0.2, 0) is 11.3 Å². The molecule has 0 radical (unpaired) electrons. The lowest BCUT2D eigenvalue weighted by molar-refractivity contribution is 0.0177. The average molecular weight is 491 g/mol. The van der Waals surface area contributed by atoms with Crippen molar-refractivity contribution in [2.75, 3.05) is 39.4 Å². The monoisotopic (exact) mass is 491 g/mol. The maximum absolute atomic E-state index is 5.50. The summed E-state index contributed by atoms with van der Waals surface area (Å²) in [6, 6.07) is 6.46. The van der Waals surface area contributed by atoms with Crippen LogP contribution in [0.25, 0.3) is 0 Å². The highest BCUT2D eigenvalue weighted by molar-refractivity contribution is 14.0. The maximum Gasteiger partial charge on any atom is 0.191 e. The van der Waals surface area contributed by atoms with Crippen molar-refractivity contribution in [2.24, 2.45) is 4.99 Å². The Morgan fingerprint density at radius 1 is 1.35 bits per heavy atom. The molecule has 0 spiro atoms. The smallest absolute Gasteiger partial charge is 0.191 e. The minimum absolute atomic E-state index is 0. The third-order valence-corrected chi connectivity index (χ3v) is 5.03. The first-order valence-electron chi connectivity index (χ1n) is 8.63. The van der Waals surface area contributed by atoms with Gasteiger partial charge in [0.2, 0.25) is 0 Å². The number of rotatable bonds is 7. The Morgan fingerprint density at radius 2 is 2.19 bits per heavy atom. The molecule has 3 heterocycles. The van der Waals surface area contributed by atoms with Crippen LogP contribution in [0.2, 0.25) is 0 Å². The Morgan fingerprint density at radius 3 is 2.85 bits per heavy atom. The van der Waals surface area contributed by atoms with Crippen molar-refractivity contribution in [1.29, 1.82) is 0 Å². The summed E-state index contributed by atoms with van der Waals surface area (Å²) in [4.78, 5) is 8.42. The molecule has 26 heavy (non-hydrogen) atoms. The van der Waals surface area contributed by atoms with Gasteiger partial charge >= 0.3 is 0 Å². The normalized spacial score (nSPS) is 16.7. The third kappa shape index (κ3) is 6.22. The van der Waals surface area contributed by atoms with Gasteiger partial charge in [0.15, 0.2) is 5.96 Å². The van der Waals surface area contributed by atoms with Crippen LogP contribution in [0.3, 0.4) is 0 Å². The van der Waals surface area contributed by atoms with Crippen molar-refractivity contribution >= 4 is 41.3 Å². The van der Waals surface area contributed by atoms with E-state index in [4.69, 9.17) is 9.26 Å². The fraction of sp³-hybridized carbons (Fsp3) is 0.529. The zero-order valence-electron chi connectivity index (χ0n) is 14.9. The van der Waals surface area contributed by atoms with Gasteiger partial charge < -0.3 is 19.9 Å². The summed E-state index contributed by atoms with van der Waals surface area (Å²) in [5.74, 6) is 0.792. The molecule has 1 saturated heterocycles. The van der Waals surface area contributed by atoms with Gasteiger partial charge in [-0.2, -0.15) is 0 Å². The van der Waals surface area contributed by atoms with Gasteiger partial charge in [0, 0.05) is 37.1 Å². The number of morpholine rings is 1. The molecule has 144 valence electrons. The lowest BCUT2D eigenvalue weighted by Crippen LogP contribution is -2.46. The van der Waals surface area contributed by atoms with E-state index in [-0.39, 0.29) is 24.0 Å². The van der Waals surface area contributed by atoms with E-state index in [1.54, 1.807) is 17.6 Å². The van der Waals surface area contributed by atoms with Crippen LogP contribution in [0.1, 0.15) is 23.5 Å². The predicted molar refractivity (Wildman–Crippen MR) is 114 cm³/mol. The molecule has 0 saturated carbocycles. The van der Waals surface area contributed by atoms with Crippen molar-refractivity contribution in [3.8, 4) is 0 Å². The average Bonchev–Trinajstić information content (AvgIpc) is 3.35. The summed E-state index contributed by atoms with van der Waals surface area (Å²) in [5.41, 5.74) is 0.820. The molecular weight excluding hydrogens is 465 g/mol. The minimum Gasteiger partial charge on any atom is -0.379 e. The van der Waals surface area contributed by atoms with Gasteiger partial charge in [0.1, 0.15) is 12.0 Å². The van der Waals surface area contributed by atoms with E-state index in [0.29, 0.717) is 12.6 Å². The first-order valence-corrected chi connectivity index (χ1v) is 9.51. The van der Waals surface area contributed by atoms with Crippen molar-refractivity contribution in [3.63, 3.8) is 0 Å². The van der Waals surface area contributed by atoms with E-state index in [1.165, 1.54) is 4.88 Å². The van der Waals surface area contributed by atoms with Crippen molar-refractivity contribution in [1.82, 2.24) is 20.7 Å². The van der Waals surface area contributed by atoms with Gasteiger partial charge in [-0.3, -0.25) is 4.90 Å². The number of hydrogen-bond acceptors (Lipinski definition) is 6. The Labute approximate surface area is 175 Å². The quantitative estimate of drug-likeness (QED) is 0.352. The van der Waals surface area contributed by atoms with E-state index >= 15 is 0 Å². The molecule has 7 nitrogen and oxygen atoms in total. The number of aromatic nitrogens is 1. The lowest BCUT2D eigenvalue weighted by atomic mass is 10.2. The predicted octanol–water partition coefficient (Wildman–Crippen LogP) is 2.48. The largest absolute Gasteiger partial charge is 0.379 e. The second-order valence-corrected chi connectivity index (χ2v) is 6.73. The Kier molecular flexibility index (Phi) is 9.37. The van der Waals surface area contributed by atoms with Crippen molar-refractivity contribution in [3.05, 3.63) is 40.4 Å². The van der Waals surface area contributed by atoms with E-state index in [1.807, 2.05) is 6.07 Å². The molecule has 1 atom stereocenters. The summed E-state index contributed by atoms with van der Waals surface area (Å²) in [5, 5.41) is 12.8. The van der Waals surface area contributed by atoms with Gasteiger partial charge in [-0.15, -0.1) is 35.3 Å². The Balaban J connectivity index is 0.00000243. The number of thiophene rings is 1. The Hall–Kier alpha value is -1.17. The van der Waals surface area contributed by atoms with Gasteiger partial charge in [0.25, 0.3) is 0 Å². The molecule has 2 N–H and O–H groups in total. The van der Waals surface area contributed by atoms with Crippen LogP contribution < -0.4 is 10.6 Å².